The van der Waals surface area contributed by atoms with E-state index in [4.69, 9.17) is 0 Å². The number of hydrogen-bond acceptors (Lipinski definition) is 4. The van der Waals surface area contributed by atoms with Crippen molar-refractivity contribution in [3.8, 4) is 0 Å². The van der Waals surface area contributed by atoms with Crippen LogP contribution in [0, 0.1) is 0 Å². The molecule has 0 fully saturated rings. The van der Waals surface area contributed by atoms with Gasteiger partial charge in [0.15, 0.2) is 0 Å². The summed E-state index contributed by atoms with van der Waals surface area (Å²) in [7, 11) is 5.92. The predicted molar refractivity (Wildman–Crippen MR) is 77.8 cm³/mol. The van der Waals surface area contributed by atoms with Crippen molar-refractivity contribution in [1.82, 2.24) is 4.98 Å². The molecule has 0 spiro atoms. The molecular formula is C14H18N4. The summed E-state index contributed by atoms with van der Waals surface area (Å²) in [6, 6.07) is 12.2. The highest BCUT2D eigenvalue weighted by molar-refractivity contribution is 5.64. The van der Waals surface area contributed by atoms with Crippen molar-refractivity contribution in [3.63, 3.8) is 0 Å². The molecular weight excluding hydrogens is 224 g/mol. The first-order valence-corrected chi connectivity index (χ1v) is 5.87. The standard InChI is InChI=1S/C14H18N4/c1-15-14-10-12(8-9-16-14)17-11-4-6-13(7-5-11)18(2)3/h4-10H,1-3H3,(H2,15,16,17). The van der Waals surface area contributed by atoms with Crippen LogP contribution in [0.4, 0.5) is 22.9 Å². The van der Waals surface area contributed by atoms with Crippen molar-refractivity contribution in [1.29, 1.82) is 0 Å². The first-order valence-electron chi connectivity index (χ1n) is 5.87. The second kappa shape index (κ2) is 5.40. The number of pyridine rings is 1. The van der Waals surface area contributed by atoms with Crippen LogP contribution in [0.3, 0.4) is 0 Å². The van der Waals surface area contributed by atoms with Crippen molar-refractivity contribution in [2.45, 2.75) is 0 Å². The summed E-state index contributed by atoms with van der Waals surface area (Å²) in [6.45, 7) is 0. The van der Waals surface area contributed by atoms with E-state index in [2.05, 4.69) is 44.8 Å². The third-order valence-corrected chi connectivity index (χ3v) is 2.69. The van der Waals surface area contributed by atoms with Crippen LogP contribution in [0.2, 0.25) is 0 Å². The molecule has 2 rings (SSSR count). The molecule has 0 amide bonds. The van der Waals surface area contributed by atoms with E-state index in [1.54, 1.807) is 6.20 Å². The zero-order valence-electron chi connectivity index (χ0n) is 10.9. The lowest BCUT2D eigenvalue weighted by Gasteiger charge is -2.13. The van der Waals surface area contributed by atoms with Gasteiger partial charge in [-0.05, 0) is 30.3 Å². The van der Waals surface area contributed by atoms with E-state index in [9.17, 15) is 0 Å². The zero-order chi connectivity index (χ0) is 13.0. The average molecular weight is 242 g/mol. The number of benzene rings is 1. The van der Waals surface area contributed by atoms with Crippen LogP contribution in [-0.2, 0) is 0 Å². The highest BCUT2D eigenvalue weighted by Gasteiger charge is 1.98. The molecule has 4 nitrogen and oxygen atoms in total. The van der Waals surface area contributed by atoms with Gasteiger partial charge in [0.1, 0.15) is 5.82 Å². The fourth-order valence-electron chi connectivity index (χ4n) is 1.65. The Morgan fingerprint density at radius 2 is 1.72 bits per heavy atom. The van der Waals surface area contributed by atoms with Crippen LogP contribution >= 0.6 is 0 Å². The third-order valence-electron chi connectivity index (χ3n) is 2.69. The number of aromatic nitrogens is 1. The molecule has 0 bridgehead atoms. The van der Waals surface area contributed by atoms with Crippen molar-refractivity contribution in [3.05, 3.63) is 42.6 Å². The molecule has 0 saturated carbocycles. The second-order valence-electron chi connectivity index (χ2n) is 4.25. The highest BCUT2D eigenvalue weighted by Crippen LogP contribution is 2.21. The molecule has 18 heavy (non-hydrogen) atoms. The molecule has 0 aliphatic heterocycles. The molecule has 0 radical (unpaired) electrons. The predicted octanol–water partition coefficient (Wildman–Crippen LogP) is 2.93. The van der Waals surface area contributed by atoms with Gasteiger partial charge in [0.25, 0.3) is 0 Å². The van der Waals surface area contributed by atoms with Crippen molar-refractivity contribution in [2.24, 2.45) is 0 Å². The third kappa shape index (κ3) is 2.91. The Labute approximate surface area is 108 Å². The van der Waals surface area contributed by atoms with E-state index in [0.29, 0.717) is 0 Å². The maximum Gasteiger partial charge on any atom is 0.127 e. The summed E-state index contributed by atoms with van der Waals surface area (Å²) in [5.41, 5.74) is 3.27. The van der Waals surface area contributed by atoms with Gasteiger partial charge in [0.05, 0.1) is 0 Å². The van der Waals surface area contributed by atoms with Gasteiger partial charge in [-0.2, -0.15) is 0 Å². The minimum Gasteiger partial charge on any atom is -0.378 e. The molecule has 0 aliphatic carbocycles. The molecule has 1 aromatic carbocycles. The molecule has 1 heterocycles. The van der Waals surface area contributed by atoms with E-state index >= 15 is 0 Å². The molecule has 0 atom stereocenters. The molecule has 0 saturated heterocycles. The molecule has 0 unspecified atom stereocenters. The van der Waals surface area contributed by atoms with Crippen LogP contribution in [-0.4, -0.2) is 26.1 Å². The lowest BCUT2D eigenvalue weighted by molar-refractivity contribution is 1.13. The Kier molecular flexibility index (Phi) is 3.67. The minimum atomic E-state index is 0.852. The van der Waals surface area contributed by atoms with E-state index < -0.39 is 0 Å². The topological polar surface area (TPSA) is 40.2 Å². The Morgan fingerprint density at radius 1 is 1.00 bits per heavy atom. The first-order chi connectivity index (χ1) is 8.69. The molecule has 94 valence electrons. The largest absolute Gasteiger partial charge is 0.378 e. The van der Waals surface area contributed by atoms with E-state index in [0.717, 1.165) is 17.2 Å². The minimum absolute atomic E-state index is 0.852. The van der Waals surface area contributed by atoms with Crippen LogP contribution in [0.15, 0.2) is 42.6 Å². The van der Waals surface area contributed by atoms with Gasteiger partial charge in [-0.25, -0.2) is 4.98 Å². The Balaban J connectivity index is 2.13. The molecule has 4 heteroatoms. The number of rotatable bonds is 4. The van der Waals surface area contributed by atoms with Crippen LogP contribution < -0.4 is 15.5 Å². The van der Waals surface area contributed by atoms with E-state index in [1.807, 2.05) is 33.3 Å². The number of nitrogens with one attached hydrogen (secondary N) is 2. The molecule has 0 aliphatic rings. The van der Waals surface area contributed by atoms with Crippen molar-refractivity contribution >= 4 is 22.9 Å². The zero-order valence-corrected chi connectivity index (χ0v) is 10.9. The highest BCUT2D eigenvalue weighted by atomic mass is 15.1. The van der Waals surface area contributed by atoms with Crippen molar-refractivity contribution in [2.75, 3.05) is 36.7 Å². The average Bonchev–Trinajstić information content (AvgIpc) is 2.39. The van der Waals surface area contributed by atoms with E-state index in [-0.39, 0.29) is 0 Å². The Bertz CT molecular complexity index is 505. The quantitative estimate of drug-likeness (QED) is 0.865. The number of hydrogen-bond donors (Lipinski definition) is 2. The Morgan fingerprint density at radius 3 is 2.33 bits per heavy atom. The van der Waals surface area contributed by atoms with Gasteiger partial charge in [0, 0.05) is 50.5 Å². The normalized spacial score (nSPS) is 9.94. The number of nitrogens with zero attached hydrogens (tertiary/aromatic N) is 2. The van der Waals surface area contributed by atoms with Gasteiger partial charge >= 0.3 is 0 Å². The maximum atomic E-state index is 4.18. The van der Waals surface area contributed by atoms with Crippen molar-refractivity contribution < 1.29 is 0 Å². The van der Waals surface area contributed by atoms with Gasteiger partial charge in [-0.1, -0.05) is 0 Å². The van der Waals surface area contributed by atoms with Gasteiger partial charge < -0.3 is 15.5 Å². The van der Waals surface area contributed by atoms with Gasteiger partial charge in [-0.15, -0.1) is 0 Å². The van der Waals surface area contributed by atoms with Crippen LogP contribution in [0.1, 0.15) is 0 Å². The molecule has 2 N–H and O–H groups in total. The van der Waals surface area contributed by atoms with E-state index in [1.165, 1.54) is 5.69 Å². The second-order valence-corrected chi connectivity index (χ2v) is 4.25. The monoisotopic (exact) mass is 242 g/mol. The summed E-state index contributed by atoms with van der Waals surface area (Å²) in [5.74, 6) is 0.852. The van der Waals surface area contributed by atoms with Crippen LogP contribution in [0.5, 0.6) is 0 Å². The summed E-state index contributed by atoms with van der Waals surface area (Å²) in [4.78, 5) is 6.26. The lowest BCUT2D eigenvalue weighted by Crippen LogP contribution is -2.08. The fraction of sp³-hybridized carbons (Fsp3) is 0.214. The summed E-state index contributed by atoms with van der Waals surface area (Å²) in [6.07, 6.45) is 1.78. The fourth-order valence-corrected chi connectivity index (χ4v) is 1.65. The summed E-state index contributed by atoms with van der Waals surface area (Å²) in [5, 5.41) is 6.37. The first kappa shape index (κ1) is 12.2. The summed E-state index contributed by atoms with van der Waals surface area (Å²) >= 11 is 0. The molecule has 1 aromatic heterocycles. The van der Waals surface area contributed by atoms with Gasteiger partial charge in [0.2, 0.25) is 0 Å². The lowest BCUT2D eigenvalue weighted by atomic mass is 10.2. The number of anilines is 4. The SMILES string of the molecule is CNc1cc(Nc2ccc(N(C)C)cc2)ccn1. The maximum absolute atomic E-state index is 4.18. The summed E-state index contributed by atoms with van der Waals surface area (Å²) < 4.78 is 0. The molecule has 2 aromatic rings. The van der Waals surface area contributed by atoms with Gasteiger partial charge in [-0.3, -0.25) is 0 Å². The smallest absolute Gasteiger partial charge is 0.127 e. The Hall–Kier alpha value is -2.23. The van der Waals surface area contributed by atoms with Crippen LogP contribution in [0.25, 0.3) is 0 Å².